The van der Waals surface area contributed by atoms with Crippen LogP contribution in [0.3, 0.4) is 0 Å². The molecule has 5 heteroatoms. The van der Waals surface area contributed by atoms with Gasteiger partial charge in [0, 0.05) is 19.6 Å². The van der Waals surface area contributed by atoms with Crippen molar-refractivity contribution in [2.24, 2.45) is 5.92 Å². The highest BCUT2D eigenvalue weighted by Gasteiger charge is 2.32. The maximum Gasteiger partial charge on any atom is 0.245 e. The fourth-order valence-corrected chi connectivity index (χ4v) is 4.09. The van der Waals surface area contributed by atoms with Crippen molar-refractivity contribution >= 4 is 15.7 Å². The van der Waals surface area contributed by atoms with Crippen LogP contribution < -0.4 is 5.32 Å². The van der Waals surface area contributed by atoms with E-state index in [-0.39, 0.29) is 0 Å². The van der Waals surface area contributed by atoms with E-state index in [1.807, 2.05) is 26.0 Å². The number of hydrogen-bond acceptors (Lipinski definition) is 3. The van der Waals surface area contributed by atoms with Crippen LogP contribution in [0.1, 0.15) is 33.1 Å². The van der Waals surface area contributed by atoms with E-state index >= 15 is 0 Å². The van der Waals surface area contributed by atoms with Crippen LogP contribution in [0.4, 0.5) is 5.69 Å². The van der Waals surface area contributed by atoms with Gasteiger partial charge in [0.2, 0.25) is 10.0 Å². The smallest absolute Gasteiger partial charge is 0.245 e. The van der Waals surface area contributed by atoms with Gasteiger partial charge >= 0.3 is 0 Å². The lowest BCUT2D eigenvalue weighted by Gasteiger charge is -2.23. The Bertz CT molecular complexity index is 539. The summed E-state index contributed by atoms with van der Waals surface area (Å²) >= 11 is 0. The molecular weight excluding hydrogens is 272 g/mol. The Balaban J connectivity index is 2.30. The van der Waals surface area contributed by atoms with Crippen molar-refractivity contribution in [1.29, 1.82) is 0 Å². The van der Waals surface area contributed by atoms with Crippen molar-refractivity contribution in [3.05, 3.63) is 24.3 Å². The largest absolute Gasteiger partial charge is 0.384 e. The molecule has 1 aliphatic rings. The minimum Gasteiger partial charge on any atom is -0.384 e. The summed E-state index contributed by atoms with van der Waals surface area (Å²) in [4.78, 5) is 0.399. The maximum atomic E-state index is 12.9. The van der Waals surface area contributed by atoms with E-state index < -0.39 is 10.0 Å². The standard InChI is InChI=1S/C15H24N2O2S/c1-3-11-17(12-13-9-10-13)20(18,19)15-8-6-5-7-14(15)16-4-2/h5-8,13,16H,3-4,9-12H2,1-2H3. The first-order valence-corrected chi connectivity index (χ1v) is 8.86. The number of benzene rings is 1. The van der Waals surface area contributed by atoms with Crippen molar-refractivity contribution in [2.45, 2.75) is 38.0 Å². The topological polar surface area (TPSA) is 49.4 Å². The van der Waals surface area contributed by atoms with E-state index in [0.29, 0.717) is 36.1 Å². The minimum atomic E-state index is -3.40. The monoisotopic (exact) mass is 296 g/mol. The Morgan fingerprint density at radius 1 is 1.25 bits per heavy atom. The lowest BCUT2D eigenvalue weighted by atomic mass is 10.3. The van der Waals surface area contributed by atoms with Crippen LogP contribution >= 0.6 is 0 Å². The fraction of sp³-hybridized carbons (Fsp3) is 0.600. The number of nitrogens with one attached hydrogen (secondary N) is 1. The molecule has 4 nitrogen and oxygen atoms in total. The third-order valence-electron chi connectivity index (χ3n) is 3.50. The van der Waals surface area contributed by atoms with Crippen LogP contribution in [-0.2, 0) is 10.0 Å². The molecule has 1 fully saturated rings. The van der Waals surface area contributed by atoms with Gasteiger partial charge in [0.25, 0.3) is 0 Å². The normalized spacial score (nSPS) is 15.6. The van der Waals surface area contributed by atoms with Crippen molar-refractivity contribution in [3.8, 4) is 0 Å². The zero-order valence-corrected chi connectivity index (χ0v) is 13.1. The van der Waals surface area contributed by atoms with E-state index in [9.17, 15) is 8.42 Å². The van der Waals surface area contributed by atoms with E-state index in [1.54, 1.807) is 16.4 Å². The SMILES string of the molecule is CCCN(CC1CC1)S(=O)(=O)c1ccccc1NCC. The van der Waals surface area contributed by atoms with Gasteiger partial charge in [-0.15, -0.1) is 0 Å². The van der Waals surface area contributed by atoms with E-state index in [4.69, 9.17) is 0 Å². The predicted octanol–water partition coefficient (Wildman–Crippen LogP) is 2.93. The zero-order valence-electron chi connectivity index (χ0n) is 12.3. The molecule has 0 atom stereocenters. The third kappa shape index (κ3) is 3.52. The molecule has 1 saturated carbocycles. The highest BCUT2D eigenvalue weighted by atomic mass is 32.2. The summed E-state index contributed by atoms with van der Waals surface area (Å²) < 4.78 is 27.4. The first kappa shape index (κ1) is 15.3. The average Bonchev–Trinajstić information content (AvgIpc) is 3.23. The molecule has 20 heavy (non-hydrogen) atoms. The van der Waals surface area contributed by atoms with Crippen LogP contribution in [-0.4, -0.2) is 32.4 Å². The first-order chi connectivity index (χ1) is 9.59. The number of nitrogens with zero attached hydrogens (tertiary/aromatic N) is 1. The number of anilines is 1. The molecule has 1 aromatic rings. The minimum absolute atomic E-state index is 0.399. The van der Waals surface area contributed by atoms with Crippen LogP contribution in [0.25, 0.3) is 0 Å². The van der Waals surface area contributed by atoms with Gasteiger partial charge in [-0.1, -0.05) is 19.1 Å². The Morgan fingerprint density at radius 2 is 1.95 bits per heavy atom. The van der Waals surface area contributed by atoms with E-state index in [1.165, 1.54) is 0 Å². The Morgan fingerprint density at radius 3 is 2.55 bits per heavy atom. The van der Waals surface area contributed by atoms with Crippen molar-refractivity contribution in [3.63, 3.8) is 0 Å². The summed E-state index contributed by atoms with van der Waals surface area (Å²) in [5, 5.41) is 3.14. The molecule has 0 radical (unpaired) electrons. The Labute approximate surface area is 122 Å². The number of sulfonamides is 1. The van der Waals surface area contributed by atoms with Crippen molar-refractivity contribution in [1.82, 2.24) is 4.31 Å². The van der Waals surface area contributed by atoms with E-state index in [2.05, 4.69) is 5.32 Å². The quantitative estimate of drug-likeness (QED) is 0.802. The van der Waals surface area contributed by atoms with Gasteiger partial charge in [0.1, 0.15) is 4.90 Å². The average molecular weight is 296 g/mol. The summed E-state index contributed by atoms with van der Waals surface area (Å²) in [6.07, 6.45) is 3.16. The molecule has 1 N–H and O–H groups in total. The highest BCUT2D eigenvalue weighted by Crippen LogP contribution is 2.33. The molecular formula is C15H24N2O2S. The van der Waals surface area contributed by atoms with Gasteiger partial charge in [0.15, 0.2) is 0 Å². The van der Waals surface area contributed by atoms with Gasteiger partial charge < -0.3 is 5.32 Å². The molecule has 0 aromatic heterocycles. The number of rotatable bonds is 8. The van der Waals surface area contributed by atoms with Crippen LogP contribution in [0, 0.1) is 5.92 Å². The van der Waals surface area contributed by atoms with Crippen molar-refractivity contribution < 1.29 is 8.42 Å². The van der Waals surface area contributed by atoms with E-state index in [0.717, 1.165) is 19.3 Å². The molecule has 0 heterocycles. The summed E-state index contributed by atoms with van der Waals surface area (Å²) in [5.74, 6) is 0.558. The molecule has 2 rings (SSSR count). The molecule has 0 unspecified atom stereocenters. The molecule has 0 spiro atoms. The predicted molar refractivity (Wildman–Crippen MR) is 82.4 cm³/mol. The maximum absolute atomic E-state index is 12.9. The molecule has 0 amide bonds. The molecule has 0 saturated heterocycles. The van der Waals surface area contributed by atoms with Crippen LogP contribution in [0.15, 0.2) is 29.2 Å². The lowest BCUT2D eigenvalue weighted by molar-refractivity contribution is 0.396. The Hall–Kier alpha value is -1.07. The van der Waals surface area contributed by atoms with Gasteiger partial charge in [-0.25, -0.2) is 8.42 Å². The fourth-order valence-electron chi connectivity index (χ4n) is 2.31. The van der Waals surface area contributed by atoms with Gasteiger partial charge in [-0.3, -0.25) is 0 Å². The summed E-state index contributed by atoms with van der Waals surface area (Å²) in [6.45, 7) is 5.96. The molecule has 112 valence electrons. The first-order valence-electron chi connectivity index (χ1n) is 7.42. The molecule has 0 aliphatic heterocycles. The lowest BCUT2D eigenvalue weighted by Crippen LogP contribution is -2.34. The molecule has 1 aromatic carbocycles. The second-order valence-corrected chi connectivity index (χ2v) is 7.24. The zero-order chi connectivity index (χ0) is 14.6. The Kier molecular flexibility index (Phi) is 5.05. The number of para-hydroxylation sites is 1. The molecule has 1 aliphatic carbocycles. The summed E-state index contributed by atoms with van der Waals surface area (Å²) in [7, 11) is -3.40. The summed E-state index contributed by atoms with van der Waals surface area (Å²) in [6, 6.07) is 7.18. The summed E-state index contributed by atoms with van der Waals surface area (Å²) in [5.41, 5.74) is 0.701. The number of hydrogen-bond donors (Lipinski definition) is 1. The molecule has 0 bridgehead atoms. The third-order valence-corrected chi connectivity index (χ3v) is 5.43. The van der Waals surface area contributed by atoms with Gasteiger partial charge in [0.05, 0.1) is 5.69 Å². The highest BCUT2D eigenvalue weighted by molar-refractivity contribution is 7.89. The van der Waals surface area contributed by atoms with Crippen LogP contribution in [0.2, 0.25) is 0 Å². The van der Waals surface area contributed by atoms with Crippen LogP contribution in [0.5, 0.6) is 0 Å². The van der Waals surface area contributed by atoms with Gasteiger partial charge in [-0.2, -0.15) is 4.31 Å². The second kappa shape index (κ2) is 6.59. The van der Waals surface area contributed by atoms with Crippen molar-refractivity contribution in [2.75, 3.05) is 25.0 Å². The second-order valence-electron chi connectivity index (χ2n) is 5.33. The van der Waals surface area contributed by atoms with Gasteiger partial charge in [-0.05, 0) is 44.2 Å².